The van der Waals surface area contributed by atoms with E-state index in [-0.39, 0.29) is 35.0 Å². The molecule has 0 heterocycles. The Morgan fingerprint density at radius 1 is 1.00 bits per heavy atom. The number of benzene rings is 3. The molecule has 226 valence electrons. The van der Waals surface area contributed by atoms with Crippen LogP contribution in [0.2, 0.25) is 0 Å². The van der Waals surface area contributed by atoms with Crippen LogP contribution in [0.1, 0.15) is 39.2 Å². The van der Waals surface area contributed by atoms with Crippen molar-refractivity contribution in [1.82, 2.24) is 10.2 Å². The highest BCUT2D eigenvalue weighted by atomic mass is 32.2. The molecule has 2 amide bonds. The van der Waals surface area contributed by atoms with Crippen molar-refractivity contribution in [1.29, 1.82) is 0 Å². The molecule has 0 saturated heterocycles. The van der Waals surface area contributed by atoms with E-state index in [9.17, 15) is 22.4 Å². The molecule has 8 nitrogen and oxygen atoms in total. The third-order valence-corrected chi connectivity index (χ3v) is 9.17. The van der Waals surface area contributed by atoms with Gasteiger partial charge in [-0.1, -0.05) is 43.7 Å². The SMILES string of the molecule is CCCCNC(=O)[C@H](C)N(Cc1ccccc1F)C(=O)CN(c1ccccc1OCC)S(=O)(=O)c1ccc(SC)cc1. The van der Waals surface area contributed by atoms with Gasteiger partial charge in [0.05, 0.1) is 17.2 Å². The summed E-state index contributed by atoms with van der Waals surface area (Å²) < 4.78 is 49.6. The van der Waals surface area contributed by atoms with Crippen molar-refractivity contribution in [2.75, 3.05) is 30.3 Å². The van der Waals surface area contributed by atoms with E-state index in [4.69, 9.17) is 4.74 Å². The van der Waals surface area contributed by atoms with Crippen LogP contribution in [0, 0.1) is 5.82 Å². The summed E-state index contributed by atoms with van der Waals surface area (Å²) in [4.78, 5) is 29.2. The minimum atomic E-state index is -4.27. The number of nitrogens with zero attached hydrogens (tertiary/aromatic N) is 2. The molecule has 0 fully saturated rings. The predicted molar refractivity (Wildman–Crippen MR) is 165 cm³/mol. The summed E-state index contributed by atoms with van der Waals surface area (Å²) in [6, 6.07) is 17.9. The number of unbranched alkanes of at least 4 members (excludes halogenated alkanes) is 1. The van der Waals surface area contributed by atoms with E-state index in [2.05, 4.69) is 5.32 Å². The fraction of sp³-hybridized carbons (Fsp3) is 0.355. The Labute approximate surface area is 252 Å². The Balaban J connectivity index is 2.07. The molecule has 3 rings (SSSR count). The first kappa shape index (κ1) is 32.9. The number of para-hydroxylation sites is 2. The molecule has 0 aliphatic rings. The summed E-state index contributed by atoms with van der Waals surface area (Å²) in [6.07, 6.45) is 3.52. The lowest BCUT2D eigenvalue weighted by Crippen LogP contribution is -2.51. The Bertz CT molecular complexity index is 1450. The van der Waals surface area contributed by atoms with Crippen molar-refractivity contribution in [3.63, 3.8) is 0 Å². The average molecular weight is 616 g/mol. The van der Waals surface area contributed by atoms with Gasteiger partial charge in [0.2, 0.25) is 11.8 Å². The smallest absolute Gasteiger partial charge is 0.264 e. The van der Waals surface area contributed by atoms with Gasteiger partial charge in [0.25, 0.3) is 10.0 Å². The lowest BCUT2D eigenvalue weighted by Gasteiger charge is -2.32. The van der Waals surface area contributed by atoms with Crippen LogP contribution in [0.25, 0.3) is 0 Å². The van der Waals surface area contributed by atoms with Crippen LogP contribution in [-0.2, 0) is 26.2 Å². The number of amides is 2. The minimum absolute atomic E-state index is 0.00888. The van der Waals surface area contributed by atoms with Gasteiger partial charge in [-0.05, 0) is 69.0 Å². The van der Waals surface area contributed by atoms with Gasteiger partial charge in [-0.3, -0.25) is 13.9 Å². The highest BCUT2D eigenvalue weighted by Crippen LogP contribution is 2.33. The van der Waals surface area contributed by atoms with E-state index < -0.39 is 40.2 Å². The number of hydrogen-bond acceptors (Lipinski definition) is 6. The molecule has 0 unspecified atom stereocenters. The molecule has 11 heteroatoms. The summed E-state index contributed by atoms with van der Waals surface area (Å²) in [5.41, 5.74) is 0.378. The molecule has 3 aromatic carbocycles. The Morgan fingerprint density at radius 2 is 1.67 bits per heavy atom. The van der Waals surface area contributed by atoms with Crippen molar-refractivity contribution in [2.24, 2.45) is 0 Å². The van der Waals surface area contributed by atoms with E-state index in [0.29, 0.717) is 6.54 Å². The number of ether oxygens (including phenoxy) is 1. The van der Waals surface area contributed by atoms with Crippen LogP contribution in [0.5, 0.6) is 5.75 Å². The van der Waals surface area contributed by atoms with E-state index >= 15 is 0 Å². The van der Waals surface area contributed by atoms with E-state index in [1.165, 1.54) is 47.0 Å². The van der Waals surface area contributed by atoms with Gasteiger partial charge >= 0.3 is 0 Å². The molecule has 3 aromatic rings. The van der Waals surface area contributed by atoms with Crippen molar-refractivity contribution < 1.29 is 27.1 Å². The summed E-state index contributed by atoms with van der Waals surface area (Å²) in [7, 11) is -4.27. The zero-order valence-electron chi connectivity index (χ0n) is 24.4. The standard InChI is InChI=1S/C31H38FN3O5S2/c1-5-7-20-33-31(37)23(3)34(21-24-12-8-9-13-27(24)32)30(36)22-35(28-14-10-11-15-29(28)40-6-2)42(38,39)26-18-16-25(41-4)17-19-26/h8-19,23H,5-7,20-22H2,1-4H3,(H,33,37)/t23-/m0/s1. The monoisotopic (exact) mass is 615 g/mol. The van der Waals surface area contributed by atoms with Crippen molar-refractivity contribution in [2.45, 2.75) is 56.0 Å². The highest BCUT2D eigenvalue weighted by Gasteiger charge is 2.34. The first-order valence-electron chi connectivity index (χ1n) is 13.8. The Kier molecular flexibility index (Phi) is 12.2. The maximum atomic E-state index is 14.7. The molecule has 0 radical (unpaired) electrons. The van der Waals surface area contributed by atoms with Gasteiger partial charge in [0.15, 0.2) is 0 Å². The number of hydrogen-bond donors (Lipinski definition) is 1. The highest BCUT2D eigenvalue weighted by molar-refractivity contribution is 7.98. The lowest BCUT2D eigenvalue weighted by molar-refractivity contribution is -0.139. The molecule has 1 atom stereocenters. The zero-order chi connectivity index (χ0) is 30.7. The second kappa shape index (κ2) is 15.6. The van der Waals surface area contributed by atoms with Crippen molar-refractivity contribution in [3.05, 3.63) is 84.2 Å². The number of thioether (sulfide) groups is 1. The van der Waals surface area contributed by atoms with Crippen LogP contribution in [0.3, 0.4) is 0 Å². The lowest BCUT2D eigenvalue weighted by atomic mass is 10.1. The predicted octanol–water partition coefficient (Wildman–Crippen LogP) is 5.48. The Hall–Kier alpha value is -3.57. The number of sulfonamides is 1. The number of nitrogens with one attached hydrogen (secondary N) is 1. The molecular formula is C31H38FN3O5S2. The van der Waals surface area contributed by atoms with Gasteiger partial charge in [-0.2, -0.15) is 0 Å². The van der Waals surface area contributed by atoms with Crippen LogP contribution in [0.15, 0.2) is 82.6 Å². The van der Waals surface area contributed by atoms with Crippen LogP contribution >= 0.6 is 11.8 Å². The largest absolute Gasteiger partial charge is 0.492 e. The summed E-state index contributed by atoms with van der Waals surface area (Å²) >= 11 is 1.47. The van der Waals surface area contributed by atoms with Crippen LogP contribution in [-0.4, -0.2) is 57.1 Å². The van der Waals surface area contributed by atoms with Crippen LogP contribution in [0.4, 0.5) is 10.1 Å². The quantitative estimate of drug-likeness (QED) is 0.180. The van der Waals surface area contributed by atoms with Gasteiger partial charge < -0.3 is 15.0 Å². The maximum absolute atomic E-state index is 14.7. The molecule has 1 N–H and O–H groups in total. The zero-order valence-corrected chi connectivity index (χ0v) is 26.0. The molecule has 0 spiro atoms. The number of carbonyl (C=O) groups excluding carboxylic acids is 2. The summed E-state index contributed by atoms with van der Waals surface area (Å²) in [5.74, 6) is -1.34. The van der Waals surface area contributed by atoms with Crippen LogP contribution < -0.4 is 14.4 Å². The molecule has 0 bridgehead atoms. The van der Waals surface area contributed by atoms with Gasteiger partial charge in [0.1, 0.15) is 24.2 Å². The summed E-state index contributed by atoms with van der Waals surface area (Å²) in [6.45, 7) is 5.15. The van der Waals surface area contributed by atoms with E-state index in [1.54, 1.807) is 56.3 Å². The first-order valence-corrected chi connectivity index (χ1v) is 16.5. The van der Waals surface area contributed by atoms with Crippen molar-refractivity contribution in [3.8, 4) is 5.75 Å². The average Bonchev–Trinajstić information content (AvgIpc) is 2.99. The number of halogens is 1. The molecule has 0 saturated carbocycles. The third-order valence-electron chi connectivity index (χ3n) is 6.66. The number of carbonyl (C=O) groups is 2. The normalized spacial score (nSPS) is 11.9. The summed E-state index contributed by atoms with van der Waals surface area (Å²) in [5, 5.41) is 2.82. The number of anilines is 1. The molecule has 0 aliphatic heterocycles. The van der Waals surface area contributed by atoms with E-state index in [0.717, 1.165) is 22.0 Å². The van der Waals surface area contributed by atoms with Gasteiger partial charge in [0, 0.05) is 23.5 Å². The van der Waals surface area contributed by atoms with Crippen molar-refractivity contribution >= 4 is 39.3 Å². The maximum Gasteiger partial charge on any atom is 0.264 e. The molecule has 42 heavy (non-hydrogen) atoms. The molecule has 0 aromatic heterocycles. The fourth-order valence-electron chi connectivity index (χ4n) is 4.26. The van der Waals surface area contributed by atoms with Gasteiger partial charge in [-0.25, -0.2) is 12.8 Å². The fourth-order valence-corrected chi connectivity index (χ4v) is 6.09. The van der Waals surface area contributed by atoms with Gasteiger partial charge in [-0.15, -0.1) is 11.8 Å². The third kappa shape index (κ3) is 8.25. The van der Waals surface area contributed by atoms with E-state index in [1.807, 2.05) is 13.2 Å². The minimum Gasteiger partial charge on any atom is -0.492 e. The molecule has 0 aliphatic carbocycles. The second-order valence-electron chi connectivity index (χ2n) is 9.52. The Morgan fingerprint density at radius 3 is 2.31 bits per heavy atom. The number of rotatable bonds is 15. The second-order valence-corrected chi connectivity index (χ2v) is 12.3. The topological polar surface area (TPSA) is 96.0 Å². The first-order chi connectivity index (χ1) is 20.1. The molecular weight excluding hydrogens is 577 g/mol.